The molecule has 0 unspecified atom stereocenters. The molecular formula is C21H17F2N3O2. The van der Waals surface area contributed by atoms with Crippen molar-refractivity contribution in [2.75, 3.05) is 12.4 Å². The molecule has 0 saturated heterocycles. The average molecular weight is 381 g/mol. The predicted molar refractivity (Wildman–Crippen MR) is 101 cm³/mol. The van der Waals surface area contributed by atoms with Gasteiger partial charge in [0.15, 0.2) is 11.6 Å². The Kier molecular flexibility index (Phi) is 5.74. The lowest BCUT2D eigenvalue weighted by molar-refractivity contribution is 0.0785. The quantitative estimate of drug-likeness (QED) is 0.730. The van der Waals surface area contributed by atoms with E-state index in [0.717, 1.165) is 17.7 Å². The molecule has 2 amide bonds. The first-order valence-electron chi connectivity index (χ1n) is 8.46. The Morgan fingerprint density at radius 3 is 2.46 bits per heavy atom. The summed E-state index contributed by atoms with van der Waals surface area (Å²) >= 11 is 0. The van der Waals surface area contributed by atoms with E-state index in [0.29, 0.717) is 12.1 Å². The van der Waals surface area contributed by atoms with Gasteiger partial charge in [-0.1, -0.05) is 30.3 Å². The van der Waals surface area contributed by atoms with Gasteiger partial charge in [0.2, 0.25) is 0 Å². The van der Waals surface area contributed by atoms with Crippen LogP contribution < -0.4 is 5.32 Å². The molecule has 0 aliphatic carbocycles. The number of aromatic nitrogens is 1. The summed E-state index contributed by atoms with van der Waals surface area (Å²) in [6, 6.07) is 15.4. The third kappa shape index (κ3) is 4.56. The number of pyridine rings is 1. The van der Waals surface area contributed by atoms with Gasteiger partial charge in [-0.25, -0.2) is 8.78 Å². The maximum atomic E-state index is 13.3. The Labute approximate surface area is 160 Å². The van der Waals surface area contributed by atoms with Gasteiger partial charge in [-0.2, -0.15) is 0 Å². The lowest BCUT2D eigenvalue weighted by Gasteiger charge is -2.17. The molecule has 1 aromatic heterocycles. The van der Waals surface area contributed by atoms with Gasteiger partial charge < -0.3 is 10.2 Å². The second-order valence-corrected chi connectivity index (χ2v) is 6.16. The van der Waals surface area contributed by atoms with Crippen LogP contribution in [0.1, 0.15) is 26.4 Å². The van der Waals surface area contributed by atoms with E-state index in [2.05, 4.69) is 10.3 Å². The van der Waals surface area contributed by atoms with Crippen molar-refractivity contribution in [3.05, 3.63) is 95.3 Å². The summed E-state index contributed by atoms with van der Waals surface area (Å²) in [7, 11) is 1.66. The van der Waals surface area contributed by atoms with Crippen molar-refractivity contribution in [3.63, 3.8) is 0 Å². The number of halogens is 2. The van der Waals surface area contributed by atoms with Crippen LogP contribution in [0.4, 0.5) is 14.5 Å². The molecule has 1 heterocycles. The standard InChI is InChI=1S/C21H17F2N3O2/c1-26(13-14-5-3-2-4-6-14)21(28)15-9-10-24-19(11-15)20(27)25-16-7-8-17(22)18(23)12-16/h2-12H,13H2,1H3,(H,25,27). The maximum Gasteiger partial charge on any atom is 0.274 e. The molecule has 0 saturated carbocycles. The molecule has 0 fully saturated rings. The van der Waals surface area contributed by atoms with Crippen molar-refractivity contribution < 1.29 is 18.4 Å². The number of hydrogen-bond donors (Lipinski definition) is 1. The molecule has 0 atom stereocenters. The molecule has 0 bridgehead atoms. The summed E-state index contributed by atoms with van der Waals surface area (Å²) in [5, 5.41) is 2.43. The molecule has 3 rings (SSSR count). The van der Waals surface area contributed by atoms with Gasteiger partial charge in [0.1, 0.15) is 5.69 Å². The Bertz CT molecular complexity index is 1010. The number of carbonyl (C=O) groups excluding carboxylic acids is 2. The molecule has 28 heavy (non-hydrogen) atoms. The van der Waals surface area contributed by atoms with Crippen molar-refractivity contribution in [1.29, 1.82) is 0 Å². The SMILES string of the molecule is CN(Cc1ccccc1)C(=O)c1ccnc(C(=O)Nc2ccc(F)c(F)c2)c1. The van der Waals surface area contributed by atoms with Gasteiger partial charge in [0, 0.05) is 37.1 Å². The van der Waals surface area contributed by atoms with E-state index in [4.69, 9.17) is 0 Å². The summed E-state index contributed by atoms with van der Waals surface area (Å²) in [5.74, 6) is -2.98. The fourth-order valence-corrected chi connectivity index (χ4v) is 2.61. The molecule has 0 aliphatic rings. The van der Waals surface area contributed by atoms with Crippen molar-refractivity contribution in [1.82, 2.24) is 9.88 Å². The Balaban J connectivity index is 1.72. The molecule has 0 radical (unpaired) electrons. The zero-order valence-corrected chi connectivity index (χ0v) is 15.0. The first-order valence-corrected chi connectivity index (χ1v) is 8.46. The van der Waals surface area contributed by atoms with Gasteiger partial charge in [0.25, 0.3) is 11.8 Å². The number of amides is 2. The summed E-state index contributed by atoms with van der Waals surface area (Å²) in [6.07, 6.45) is 1.35. The smallest absolute Gasteiger partial charge is 0.274 e. The van der Waals surface area contributed by atoms with Crippen LogP contribution in [0, 0.1) is 11.6 Å². The van der Waals surface area contributed by atoms with E-state index >= 15 is 0 Å². The van der Waals surface area contributed by atoms with Crippen LogP contribution in [0.25, 0.3) is 0 Å². The fraction of sp³-hybridized carbons (Fsp3) is 0.0952. The molecule has 2 aromatic carbocycles. The van der Waals surface area contributed by atoms with E-state index < -0.39 is 17.5 Å². The van der Waals surface area contributed by atoms with Crippen molar-refractivity contribution >= 4 is 17.5 Å². The molecule has 3 aromatic rings. The number of nitrogens with zero attached hydrogens (tertiary/aromatic N) is 2. The van der Waals surface area contributed by atoms with Crippen LogP contribution in [-0.2, 0) is 6.54 Å². The maximum absolute atomic E-state index is 13.3. The van der Waals surface area contributed by atoms with Gasteiger partial charge in [0.05, 0.1) is 0 Å². The van der Waals surface area contributed by atoms with E-state index in [1.807, 2.05) is 30.3 Å². The lowest BCUT2D eigenvalue weighted by atomic mass is 10.1. The Hall–Kier alpha value is -3.61. The normalized spacial score (nSPS) is 10.4. The second kappa shape index (κ2) is 8.39. The highest BCUT2D eigenvalue weighted by Gasteiger charge is 2.16. The largest absolute Gasteiger partial charge is 0.337 e. The van der Waals surface area contributed by atoms with Crippen molar-refractivity contribution in [3.8, 4) is 0 Å². The summed E-state index contributed by atoms with van der Waals surface area (Å²) in [4.78, 5) is 30.5. The van der Waals surface area contributed by atoms with E-state index in [-0.39, 0.29) is 17.3 Å². The van der Waals surface area contributed by atoms with Gasteiger partial charge in [-0.15, -0.1) is 0 Å². The van der Waals surface area contributed by atoms with E-state index in [1.165, 1.54) is 29.3 Å². The van der Waals surface area contributed by atoms with Gasteiger partial charge in [-0.05, 0) is 29.8 Å². The van der Waals surface area contributed by atoms with Gasteiger partial charge >= 0.3 is 0 Å². The molecule has 0 spiro atoms. The highest BCUT2D eigenvalue weighted by atomic mass is 19.2. The summed E-state index contributed by atoms with van der Waals surface area (Å²) in [5.41, 5.74) is 1.35. The number of anilines is 1. The first-order chi connectivity index (χ1) is 13.4. The highest BCUT2D eigenvalue weighted by Crippen LogP contribution is 2.15. The Morgan fingerprint density at radius 2 is 1.75 bits per heavy atom. The van der Waals surface area contributed by atoms with Crippen LogP contribution in [0.3, 0.4) is 0 Å². The lowest BCUT2D eigenvalue weighted by Crippen LogP contribution is -2.26. The molecular weight excluding hydrogens is 364 g/mol. The monoisotopic (exact) mass is 381 g/mol. The van der Waals surface area contributed by atoms with Crippen LogP contribution in [0.5, 0.6) is 0 Å². The zero-order valence-electron chi connectivity index (χ0n) is 15.0. The number of benzene rings is 2. The minimum Gasteiger partial charge on any atom is -0.337 e. The highest BCUT2D eigenvalue weighted by molar-refractivity contribution is 6.04. The minimum atomic E-state index is -1.07. The number of nitrogens with one attached hydrogen (secondary N) is 1. The Morgan fingerprint density at radius 1 is 1.00 bits per heavy atom. The average Bonchev–Trinajstić information content (AvgIpc) is 2.71. The van der Waals surface area contributed by atoms with E-state index in [1.54, 1.807) is 7.05 Å². The number of carbonyl (C=O) groups is 2. The number of rotatable bonds is 5. The van der Waals surface area contributed by atoms with Crippen LogP contribution >= 0.6 is 0 Å². The molecule has 1 N–H and O–H groups in total. The van der Waals surface area contributed by atoms with Crippen LogP contribution in [-0.4, -0.2) is 28.7 Å². The molecule has 142 valence electrons. The fourth-order valence-electron chi connectivity index (χ4n) is 2.61. The summed E-state index contributed by atoms with van der Waals surface area (Å²) in [6.45, 7) is 0.415. The second-order valence-electron chi connectivity index (χ2n) is 6.16. The van der Waals surface area contributed by atoms with Gasteiger partial charge in [-0.3, -0.25) is 14.6 Å². The summed E-state index contributed by atoms with van der Waals surface area (Å²) < 4.78 is 26.3. The van der Waals surface area contributed by atoms with Crippen LogP contribution in [0.2, 0.25) is 0 Å². The molecule has 5 nitrogen and oxygen atoms in total. The van der Waals surface area contributed by atoms with Crippen molar-refractivity contribution in [2.45, 2.75) is 6.54 Å². The topological polar surface area (TPSA) is 62.3 Å². The number of hydrogen-bond acceptors (Lipinski definition) is 3. The first kappa shape index (κ1) is 19.2. The third-order valence-corrected chi connectivity index (χ3v) is 4.03. The molecule has 7 heteroatoms. The molecule has 0 aliphatic heterocycles. The minimum absolute atomic E-state index is 0.0105. The van der Waals surface area contributed by atoms with Crippen LogP contribution in [0.15, 0.2) is 66.9 Å². The third-order valence-electron chi connectivity index (χ3n) is 4.03. The van der Waals surface area contributed by atoms with Crippen molar-refractivity contribution in [2.24, 2.45) is 0 Å². The zero-order chi connectivity index (χ0) is 20.1. The predicted octanol–water partition coefficient (Wildman–Crippen LogP) is 3.88. The van der Waals surface area contributed by atoms with E-state index in [9.17, 15) is 18.4 Å².